The third kappa shape index (κ3) is 3.14. The summed E-state index contributed by atoms with van der Waals surface area (Å²) in [4.78, 5) is 0. The predicted octanol–water partition coefficient (Wildman–Crippen LogP) is 5.75. The van der Waals surface area contributed by atoms with Crippen LogP contribution in [0.15, 0.2) is 23.8 Å². The van der Waals surface area contributed by atoms with Crippen molar-refractivity contribution in [2.45, 2.75) is 91.8 Å². The van der Waals surface area contributed by atoms with Crippen LogP contribution in [0.25, 0.3) is 0 Å². The standard InChI is InChI=1S/C26H42O2/c1-16(2)6-7-17(3)20-8-9-21-24-22(11-13-26(20,21)5)25(4)12-10-19(27)14-18(25)15-23(24)28/h6-7,15-17,19-24,27-28H,8-14H2,1-5H3. The van der Waals surface area contributed by atoms with Gasteiger partial charge >= 0.3 is 0 Å². The molecule has 3 fully saturated rings. The molecule has 3 saturated carbocycles. The summed E-state index contributed by atoms with van der Waals surface area (Å²) in [5.74, 6) is 3.63. The Hall–Kier alpha value is -0.600. The highest BCUT2D eigenvalue weighted by Crippen LogP contribution is 2.67. The average Bonchev–Trinajstić information content (AvgIpc) is 2.98. The fourth-order valence-electron chi connectivity index (χ4n) is 8.07. The molecule has 0 spiro atoms. The Morgan fingerprint density at radius 2 is 1.71 bits per heavy atom. The third-order valence-electron chi connectivity index (χ3n) is 9.61. The minimum atomic E-state index is -0.316. The fraction of sp³-hybridized carbons (Fsp3) is 0.846. The highest BCUT2D eigenvalue weighted by molar-refractivity contribution is 5.28. The van der Waals surface area contributed by atoms with Crippen molar-refractivity contribution in [3.8, 4) is 0 Å². The van der Waals surface area contributed by atoms with E-state index in [0.717, 1.165) is 25.2 Å². The van der Waals surface area contributed by atoms with Gasteiger partial charge in [-0.1, -0.05) is 58.4 Å². The van der Waals surface area contributed by atoms with Crippen molar-refractivity contribution in [1.82, 2.24) is 0 Å². The molecule has 0 aromatic rings. The molecule has 2 N–H and O–H groups in total. The molecule has 158 valence electrons. The molecule has 28 heavy (non-hydrogen) atoms. The number of fused-ring (bicyclic) bond motifs is 5. The summed E-state index contributed by atoms with van der Waals surface area (Å²) in [7, 11) is 0. The van der Waals surface area contributed by atoms with E-state index in [0.29, 0.717) is 35.0 Å². The zero-order valence-electron chi connectivity index (χ0n) is 18.7. The second-order valence-electron chi connectivity index (χ2n) is 11.5. The maximum absolute atomic E-state index is 11.2. The quantitative estimate of drug-likeness (QED) is 0.607. The first kappa shape index (κ1) is 20.7. The fourth-order valence-corrected chi connectivity index (χ4v) is 8.07. The summed E-state index contributed by atoms with van der Waals surface area (Å²) in [5, 5.41) is 21.4. The summed E-state index contributed by atoms with van der Waals surface area (Å²) in [6, 6.07) is 0. The van der Waals surface area contributed by atoms with Crippen LogP contribution in [0.4, 0.5) is 0 Å². The summed E-state index contributed by atoms with van der Waals surface area (Å²) >= 11 is 0. The average molecular weight is 387 g/mol. The molecule has 4 aliphatic rings. The van der Waals surface area contributed by atoms with E-state index in [1.165, 1.54) is 31.3 Å². The van der Waals surface area contributed by atoms with Crippen molar-refractivity contribution in [2.75, 3.05) is 0 Å². The Balaban J connectivity index is 1.62. The van der Waals surface area contributed by atoms with E-state index in [9.17, 15) is 10.2 Å². The van der Waals surface area contributed by atoms with Gasteiger partial charge in [0.05, 0.1) is 12.2 Å². The molecule has 2 nitrogen and oxygen atoms in total. The Labute approximate surface area is 172 Å². The second kappa shape index (κ2) is 7.27. The molecule has 9 unspecified atom stereocenters. The van der Waals surface area contributed by atoms with Gasteiger partial charge in [-0.3, -0.25) is 0 Å². The number of hydrogen-bond acceptors (Lipinski definition) is 2. The lowest BCUT2D eigenvalue weighted by Gasteiger charge is -2.59. The van der Waals surface area contributed by atoms with E-state index in [-0.39, 0.29) is 17.6 Å². The first-order valence-electron chi connectivity index (χ1n) is 11.9. The number of aliphatic hydroxyl groups is 2. The van der Waals surface area contributed by atoms with Crippen molar-refractivity contribution in [3.05, 3.63) is 23.8 Å². The number of aliphatic hydroxyl groups excluding tert-OH is 2. The Morgan fingerprint density at radius 1 is 0.964 bits per heavy atom. The van der Waals surface area contributed by atoms with Crippen LogP contribution in [-0.2, 0) is 0 Å². The van der Waals surface area contributed by atoms with Crippen molar-refractivity contribution in [3.63, 3.8) is 0 Å². The Kier molecular flexibility index (Phi) is 5.37. The maximum Gasteiger partial charge on any atom is 0.0757 e. The number of rotatable bonds is 3. The molecule has 0 amide bonds. The van der Waals surface area contributed by atoms with Gasteiger partial charge in [-0.25, -0.2) is 0 Å². The lowest BCUT2D eigenvalue weighted by Crippen LogP contribution is -2.54. The molecular formula is C26H42O2. The smallest absolute Gasteiger partial charge is 0.0757 e. The molecule has 0 aromatic heterocycles. The zero-order valence-corrected chi connectivity index (χ0v) is 18.7. The van der Waals surface area contributed by atoms with Crippen molar-refractivity contribution in [1.29, 1.82) is 0 Å². The van der Waals surface area contributed by atoms with Crippen molar-refractivity contribution >= 4 is 0 Å². The highest BCUT2D eigenvalue weighted by Gasteiger charge is 2.60. The molecule has 4 aliphatic carbocycles. The van der Waals surface area contributed by atoms with Gasteiger partial charge in [0, 0.05) is 0 Å². The molecule has 4 rings (SSSR count). The summed E-state index contributed by atoms with van der Waals surface area (Å²) in [6.07, 6.45) is 14.4. The van der Waals surface area contributed by atoms with Gasteiger partial charge in [0.1, 0.15) is 0 Å². The Morgan fingerprint density at radius 3 is 2.43 bits per heavy atom. The lowest BCUT2D eigenvalue weighted by atomic mass is 9.46. The van der Waals surface area contributed by atoms with E-state index in [4.69, 9.17) is 0 Å². The molecule has 0 aliphatic heterocycles. The molecule has 0 aromatic carbocycles. The molecule has 0 bridgehead atoms. The molecular weight excluding hydrogens is 344 g/mol. The van der Waals surface area contributed by atoms with Crippen LogP contribution >= 0.6 is 0 Å². The predicted molar refractivity (Wildman–Crippen MR) is 116 cm³/mol. The largest absolute Gasteiger partial charge is 0.393 e. The van der Waals surface area contributed by atoms with Crippen LogP contribution in [0.1, 0.15) is 79.6 Å². The van der Waals surface area contributed by atoms with E-state index in [1.807, 2.05) is 0 Å². The van der Waals surface area contributed by atoms with Crippen LogP contribution in [-0.4, -0.2) is 22.4 Å². The van der Waals surface area contributed by atoms with Gasteiger partial charge in [-0.15, -0.1) is 0 Å². The summed E-state index contributed by atoms with van der Waals surface area (Å²) in [5.41, 5.74) is 1.91. The van der Waals surface area contributed by atoms with Gasteiger partial charge in [-0.2, -0.15) is 0 Å². The van der Waals surface area contributed by atoms with Gasteiger partial charge < -0.3 is 10.2 Å². The Bertz CT molecular complexity index is 649. The van der Waals surface area contributed by atoms with Crippen LogP contribution in [0, 0.1) is 46.3 Å². The topological polar surface area (TPSA) is 40.5 Å². The normalized spacial score (nSPS) is 49.5. The first-order valence-corrected chi connectivity index (χ1v) is 11.9. The van der Waals surface area contributed by atoms with Gasteiger partial charge in [0.25, 0.3) is 0 Å². The zero-order chi connectivity index (χ0) is 20.3. The summed E-state index contributed by atoms with van der Waals surface area (Å²) < 4.78 is 0. The molecule has 0 saturated heterocycles. The van der Waals surface area contributed by atoms with E-state index in [1.54, 1.807) is 0 Å². The minimum Gasteiger partial charge on any atom is -0.393 e. The maximum atomic E-state index is 11.2. The van der Waals surface area contributed by atoms with E-state index < -0.39 is 0 Å². The highest BCUT2D eigenvalue weighted by atomic mass is 16.3. The second-order valence-corrected chi connectivity index (χ2v) is 11.5. The number of hydrogen-bond donors (Lipinski definition) is 2. The van der Waals surface area contributed by atoms with Crippen molar-refractivity contribution < 1.29 is 10.2 Å². The van der Waals surface area contributed by atoms with Gasteiger partial charge in [0.15, 0.2) is 0 Å². The van der Waals surface area contributed by atoms with Crippen LogP contribution < -0.4 is 0 Å². The van der Waals surface area contributed by atoms with E-state index >= 15 is 0 Å². The number of allylic oxidation sites excluding steroid dienone is 2. The monoisotopic (exact) mass is 386 g/mol. The van der Waals surface area contributed by atoms with Gasteiger partial charge in [-0.05, 0) is 91.3 Å². The third-order valence-corrected chi connectivity index (χ3v) is 9.61. The van der Waals surface area contributed by atoms with Crippen LogP contribution in [0.2, 0.25) is 0 Å². The molecule has 0 radical (unpaired) electrons. The molecule has 9 atom stereocenters. The van der Waals surface area contributed by atoms with Crippen molar-refractivity contribution in [2.24, 2.45) is 46.3 Å². The SMILES string of the molecule is CC(C)C=CC(C)C1CCC2C3C(O)C=C4CC(O)CCC4(C)C3CCC12C. The summed E-state index contributed by atoms with van der Waals surface area (Å²) in [6.45, 7) is 11.9. The first-order chi connectivity index (χ1) is 13.2. The lowest BCUT2D eigenvalue weighted by molar-refractivity contribution is -0.0950. The van der Waals surface area contributed by atoms with Gasteiger partial charge in [0.2, 0.25) is 0 Å². The van der Waals surface area contributed by atoms with Crippen LogP contribution in [0.5, 0.6) is 0 Å². The minimum absolute atomic E-state index is 0.200. The molecule has 2 heteroatoms. The molecule has 0 heterocycles. The van der Waals surface area contributed by atoms with E-state index in [2.05, 4.69) is 52.8 Å². The van der Waals surface area contributed by atoms with Crippen LogP contribution in [0.3, 0.4) is 0 Å².